The minimum atomic E-state index is -0.424. The zero-order chi connectivity index (χ0) is 10.8. The third-order valence-electron chi connectivity index (χ3n) is 2.28. The van der Waals surface area contributed by atoms with Crippen LogP contribution in [0, 0.1) is 5.82 Å². The Balaban J connectivity index is 2.21. The highest BCUT2D eigenvalue weighted by Crippen LogP contribution is 2.24. The van der Waals surface area contributed by atoms with Crippen LogP contribution >= 0.6 is 15.9 Å². The second-order valence-electron chi connectivity index (χ2n) is 3.30. The van der Waals surface area contributed by atoms with Crippen LogP contribution in [0.3, 0.4) is 0 Å². The minimum Gasteiger partial charge on any atom is -0.449 e. The molecule has 1 heterocycles. The molecular formula is C10H9BrFNO2. The zero-order valence-electron chi connectivity index (χ0n) is 7.80. The summed E-state index contributed by atoms with van der Waals surface area (Å²) in [5.41, 5.74) is 0.875. The standard InChI is InChI=1S/C10H9BrFNO2/c11-7-5-6(1-2-8(7)12)9-3-4-15-10(14)13-9/h1-2,5,9H,3-4H2,(H,13,14)/t9-/m1/s1. The number of hydrogen-bond acceptors (Lipinski definition) is 2. The lowest BCUT2D eigenvalue weighted by Gasteiger charge is -2.23. The van der Waals surface area contributed by atoms with E-state index in [1.165, 1.54) is 6.07 Å². The van der Waals surface area contributed by atoms with Crippen molar-refractivity contribution in [3.8, 4) is 0 Å². The first-order valence-electron chi connectivity index (χ1n) is 4.55. The van der Waals surface area contributed by atoms with Crippen molar-refractivity contribution in [3.63, 3.8) is 0 Å². The second-order valence-corrected chi connectivity index (χ2v) is 4.15. The topological polar surface area (TPSA) is 38.3 Å². The first kappa shape index (κ1) is 10.4. The molecule has 1 aromatic rings. The van der Waals surface area contributed by atoms with Gasteiger partial charge in [-0.2, -0.15) is 0 Å². The molecule has 80 valence electrons. The Bertz CT molecular complexity index is 397. The summed E-state index contributed by atoms with van der Waals surface area (Å²) in [5, 5.41) is 2.67. The van der Waals surface area contributed by atoms with Crippen LogP contribution in [0.1, 0.15) is 18.0 Å². The van der Waals surface area contributed by atoms with E-state index in [2.05, 4.69) is 21.2 Å². The van der Waals surface area contributed by atoms with Crippen molar-refractivity contribution < 1.29 is 13.9 Å². The van der Waals surface area contributed by atoms with Gasteiger partial charge in [-0.3, -0.25) is 0 Å². The molecule has 1 aliphatic rings. The Morgan fingerprint density at radius 2 is 2.33 bits per heavy atom. The molecule has 0 spiro atoms. The van der Waals surface area contributed by atoms with Gasteiger partial charge in [-0.1, -0.05) is 6.07 Å². The third kappa shape index (κ3) is 2.28. The van der Waals surface area contributed by atoms with Crippen molar-refractivity contribution >= 4 is 22.0 Å². The highest BCUT2D eigenvalue weighted by atomic mass is 79.9. The molecular weight excluding hydrogens is 265 g/mol. The predicted octanol–water partition coefficient (Wildman–Crippen LogP) is 2.76. The van der Waals surface area contributed by atoms with Gasteiger partial charge in [0.15, 0.2) is 0 Å². The van der Waals surface area contributed by atoms with Gasteiger partial charge >= 0.3 is 6.09 Å². The molecule has 0 saturated carbocycles. The fraction of sp³-hybridized carbons (Fsp3) is 0.300. The fourth-order valence-electron chi connectivity index (χ4n) is 1.50. The number of rotatable bonds is 1. The van der Waals surface area contributed by atoms with Crippen LogP contribution in [0.2, 0.25) is 0 Å². The average molecular weight is 274 g/mol. The summed E-state index contributed by atoms with van der Waals surface area (Å²) in [6, 6.07) is 4.62. The number of cyclic esters (lactones) is 1. The number of alkyl carbamates (subject to hydrolysis) is 1. The maximum atomic E-state index is 13.0. The quantitative estimate of drug-likeness (QED) is 0.855. The van der Waals surface area contributed by atoms with Crippen LogP contribution in [-0.2, 0) is 4.74 Å². The predicted molar refractivity (Wildman–Crippen MR) is 55.9 cm³/mol. The fourth-order valence-corrected chi connectivity index (χ4v) is 1.90. The van der Waals surface area contributed by atoms with Gasteiger partial charge in [-0.15, -0.1) is 0 Å². The van der Waals surface area contributed by atoms with Crippen LogP contribution in [-0.4, -0.2) is 12.7 Å². The Morgan fingerprint density at radius 1 is 1.53 bits per heavy atom. The Labute approximate surface area is 94.7 Å². The Morgan fingerprint density at radius 3 is 3.00 bits per heavy atom. The second kappa shape index (κ2) is 4.18. The van der Waals surface area contributed by atoms with Gasteiger partial charge in [0.05, 0.1) is 17.1 Å². The van der Waals surface area contributed by atoms with Crippen molar-refractivity contribution in [1.82, 2.24) is 5.32 Å². The van der Waals surface area contributed by atoms with E-state index in [0.29, 0.717) is 17.5 Å². The molecule has 5 heteroatoms. The number of ether oxygens (including phenoxy) is 1. The Kier molecular flexibility index (Phi) is 2.90. The molecule has 2 rings (SSSR count). The van der Waals surface area contributed by atoms with Crippen molar-refractivity contribution in [2.24, 2.45) is 0 Å². The number of hydrogen-bond donors (Lipinski definition) is 1. The van der Waals surface area contributed by atoms with Gasteiger partial charge in [0.1, 0.15) is 5.82 Å². The summed E-state index contributed by atoms with van der Waals surface area (Å²) in [5.74, 6) is -0.308. The number of carbonyl (C=O) groups is 1. The number of halogens is 2. The van der Waals surface area contributed by atoms with E-state index in [-0.39, 0.29) is 11.9 Å². The molecule has 0 unspecified atom stereocenters. The molecule has 0 aromatic heterocycles. The van der Waals surface area contributed by atoms with E-state index in [4.69, 9.17) is 4.74 Å². The molecule has 0 bridgehead atoms. The van der Waals surface area contributed by atoms with E-state index >= 15 is 0 Å². The summed E-state index contributed by atoms with van der Waals surface area (Å²) >= 11 is 3.11. The summed E-state index contributed by atoms with van der Waals surface area (Å²) in [6.07, 6.45) is 0.274. The number of amides is 1. The van der Waals surface area contributed by atoms with Crippen molar-refractivity contribution in [2.45, 2.75) is 12.5 Å². The van der Waals surface area contributed by atoms with Crippen molar-refractivity contribution in [2.75, 3.05) is 6.61 Å². The third-order valence-corrected chi connectivity index (χ3v) is 2.89. The first-order chi connectivity index (χ1) is 7.16. The van der Waals surface area contributed by atoms with Crippen LogP contribution in [0.15, 0.2) is 22.7 Å². The van der Waals surface area contributed by atoms with E-state index in [0.717, 1.165) is 5.56 Å². The zero-order valence-corrected chi connectivity index (χ0v) is 9.38. The molecule has 1 aliphatic heterocycles. The lowest BCUT2D eigenvalue weighted by molar-refractivity contribution is 0.115. The first-order valence-corrected chi connectivity index (χ1v) is 5.34. The summed E-state index contributed by atoms with van der Waals surface area (Å²) in [7, 11) is 0. The van der Waals surface area contributed by atoms with Gasteiger partial charge in [0, 0.05) is 6.42 Å². The highest BCUT2D eigenvalue weighted by Gasteiger charge is 2.21. The van der Waals surface area contributed by atoms with Gasteiger partial charge in [0.25, 0.3) is 0 Å². The Hall–Kier alpha value is -1.10. The molecule has 0 radical (unpaired) electrons. The molecule has 1 fully saturated rings. The van der Waals surface area contributed by atoms with Crippen LogP contribution < -0.4 is 5.32 Å². The van der Waals surface area contributed by atoms with Gasteiger partial charge in [0.2, 0.25) is 0 Å². The van der Waals surface area contributed by atoms with E-state index < -0.39 is 6.09 Å². The largest absolute Gasteiger partial charge is 0.449 e. The molecule has 1 aromatic carbocycles. The van der Waals surface area contributed by atoms with Crippen LogP contribution in [0.4, 0.5) is 9.18 Å². The van der Waals surface area contributed by atoms with Crippen LogP contribution in [0.25, 0.3) is 0 Å². The van der Waals surface area contributed by atoms with Gasteiger partial charge in [-0.05, 0) is 33.6 Å². The molecule has 1 amide bonds. The number of carbonyl (C=O) groups excluding carboxylic acids is 1. The van der Waals surface area contributed by atoms with E-state index in [1.54, 1.807) is 12.1 Å². The lowest BCUT2D eigenvalue weighted by Crippen LogP contribution is -2.35. The molecule has 1 saturated heterocycles. The lowest BCUT2D eigenvalue weighted by atomic mass is 10.0. The SMILES string of the molecule is O=C1N[C@@H](c2ccc(F)c(Br)c2)CCO1. The van der Waals surface area contributed by atoms with Crippen LogP contribution in [0.5, 0.6) is 0 Å². The number of nitrogens with one attached hydrogen (secondary N) is 1. The van der Waals surface area contributed by atoms with Crippen molar-refractivity contribution in [1.29, 1.82) is 0 Å². The molecule has 1 atom stereocenters. The molecule has 3 nitrogen and oxygen atoms in total. The summed E-state index contributed by atoms with van der Waals surface area (Å²) < 4.78 is 18.1. The maximum Gasteiger partial charge on any atom is 0.407 e. The average Bonchev–Trinajstić information content (AvgIpc) is 2.22. The van der Waals surface area contributed by atoms with Gasteiger partial charge < -0.3 is 10.1 Å². The van der Waals surface area contributed by atoms with E-state index in [9.17, 15) is 9.18 Å². The molecule has 1 N–H and O–H groups in total. The smallest absolute Gasteiger partial charge is 0.407 e. The minimum absolute atomic E-state index is 0.0943. The summed E-state index contributed by atoms with van der Waals surface area (Å²) in [6.45, 7) is 0.394. The normalized spacial score (nSPS) is 20.7. The van der Waals surface area contributed by atoms with E-state index in [1.807, 2.05) is 0 Å². The molecule has 15 heavy (non-hydrogen) atoms. The highest BCUT2D eigenvalue weighted by molar-refractivity contribution is 9.10. The van der Waals surface area contributed by atoms with Gasteiger partial charge in [-0.25, -0.2) is 9.18 Å². The monoisotopic (exact) mass is 273 g/mol. The maximum absolute atomic E-state index is 13.0. The molecule has 0 aliphatic carbocycles. The summed E-state index contributed by atoms with van der Waals surface area (Å²) in [4.78, 5) is 11.0. The number of benzene rings is 1. The van der Waals surface area contributed by atoms with Crippen molar-refractivity contribution in [3.05, 3.63) is 34.1 Å².